The third-order valence-electron chi connectivity index (χ3n) is 3.88. The van der Waals surface area contributed by atoms with Crippen molar-refractivity contribution in [2.24, 2.45) is 0 Å². The normalized spacial score (nSPS) is 14.3. The van der Waals surface area contributed by atoms with E-state index < -0.39 is 0 Å². The molecule has 3 rings (SSSR count). The van der Waals surface area contributed by atoms with Gasteiger partial charge < -0.3 is 10.2 Å². The van der Waals surface area contributed by atoms with Gasteiger partial charge in [0.2, 0.25) is 0 Å². The van der Waals surface area contributed by atoms with Crippen molar-refractivity contribution >= 4 is 5.91 Å². The number of nitrogens with one attached hydrogen (secondary N) is 2. The maximum absolute atomic E-state index is 12.9. The SMILES string of the molecule is CN(CCNC(=O)c1cc(-c2ccc(F)cc2)n[nH]1)C1CC1. The summed E-state index contributed by atoms with van der Waals surface area (Å²) in [6.45, 7) is 1.45. The molecule has 0 unspecified atom stereocenters. The third kappa shape index (κ3) is 3.51. The Balaban J connectivity index is 1.55. The first-order chi connectivity index (χ1) is 10.6. The van der Waals surface area contributed by atoms with E-state index in [1.54, 1.807) is 18.2 Å². The predicted molar refractivity (Wildman–Crippen MR) is 82.0 cm³/mol. The number of halogens is 1. The second kappa shape index (κ2) is 6.27. The van der Waals surface area contributed by atoms with Gasteiger partial charge in [-0.2, -0.15) is 5.10 Å². The van der Waals surface area contributed by atoms with Gasteiger partial charge in [-0.15, -0.1) is 0 Å². The monoisotopic (exact) mass is 302 g/mol. The lowest BCUT2D eigenvalue weighted by Crippen LogP contribution is -2.34. The number of rotatable bonds is 6. The van der Waals surface area contributed by atoms with Crippen LogP contribution in [0.15, 0.2) is 30.3 Å². The minimum absolute atomic E-state index is 0.176. The summed E-state index contributed by atoms with van der Waals surface area (Å²) in [5.41, 5.74) is 1.80. The van der Waals surface area contributed by atoms with E-state index in [1.165, 1.54) is 25.0 Å². The van der Waals surface area contributed by atoms with Crippen LogP contribution in [0.1, 0.15) is 23.3 Å². The summed E-state index contributed by atoms with van der Waals surface area (Å²) < 4.78 is 12.9. The van der Waals surface area contributed by atoms with E-state index >= 15 is 0 Å². The van der Waals surface area contributed by atoms with Gasteiger partial charge in [0.05, 0.1) is 5.69 Å². The second-order valence-corrected chi connectivity index (χ2v) is 5.64. The van der Waals surface area contributed by atoms with E-state index in [-0.39, 0.29) is 11.7 Å². The summed E-state index contributed by atoms with van der Waals surface area (Å²) in [6.07, 6.45) is 2.51. The van der Waals surface area contributed by atoms with Gasteiger partial charge in [-0.25, -0.2) is 4.39 Å². The fourth-order valence-corrected chi connectivity index (χ4v) is 2.35. The number of aromatic nitrogens is 2. The van der Waals surface area contributed by atoms with Crippen LogP contribution in [0, 0.1) is 5.82 Å². The number of H-pyrrole nitrogens is 1. The Morgan fingerprint density at radius 3 is 2.82 bits per heavy atom. The molecule has 1 aromatic carbocycles. The number of likely N-dealkylation sites (N-methyl/N-ethyl adjacent to an activating group) is 1. The van der Waals surface area contributed by atoms with Gasteiger partial charge in [0.15, 0.2) is 0 Å². The Kier molecular flexibility index (Phi) is 4.20. The fraction of sp³-hybridized carbons (Fsp3) is 0.375. The van der Waals surface area contributed by atoms with Crippen LogP contribution in [0.4, 0.5) is 4.39 Å². The minimum atomic E-state index is -0.294. The molecule has 1 amide bonds. The van der Waals surface area contributed by atoms with Crippen molar-refractivity contribution in [3.63, 3.8) is 0 Å². The van der Waals surface area contributed by atoms with Crippen LogP contribution in [-0.4, -0.2) is 47.2 Å². The Morgan fingerprint density at radius 1 is 1.41 bits per heavy atom. The summed E-state index contributed by atoms with van der Waals surface area (Å²) in [7, 11) is 2.08. The summed E-state index contributed by atoms with van der Waals surface area (Å²) in [4.78, 5) is 14.3. The minimum Gasteiger partial charge on any atom is -0.349 e. The van der Waals surface area contributed by atoms with Gasteiger partial charge in [0, 0.05) is 24.7 Å². The molecule has 1 aliphatic carbocycles. The predicted octanol–water partition coefficient (Wildman–Crippen LogP) is 2.04. The summed E-state index contributed by atoms with van der Waals surface area (Å²) >= 11 is 0. The average Bonchev–Trinajstić information content (AvgIpc) is 3.25. The Labute approximate surface area is 128 Å². The number of benzene rings is 1. The molecular weight excluding hydrogens is 283 g/mol. The molecule has 0 atom stereocenters. The molecule has 22 heavy (non-hydrogen) atoms. The van der Waals surface area contributed by atoms with Crippen LogP contribution in [0.5, 0.6) is 0 Å². The summed E-state index contributed by atoms with van der Waals surface area (Å²) in [5.74, 6) is -0.470. The molecule has 6 heteroatoms. The highest BCUT2D eigenvalue weighted by atomic mass is 19.1. The van der Waals surface area contributed by atoms with Gasteiger partial charge in [-0.3, -0.25) is 9.89 Å². The number of carbonyl (C=O) groups excluding carboxylic acids is 1. The Morgan fingerprint density at radius 2 is 2.14 bits per heavy atom. The molecule has 1 saturated carbocycles. The highest BCUT2D eigenvalue weighted by molar-refractivity contribution is 5.93. The molecule has 0 bridgehead atoms. The van der Waals surface area contributed by atoms with Crippen molar-refractivity contribution in [3.05, 3.63) is 41.8 Å². The van der Waals surface area contributed by atoms with E-state index in [0.29, 0.717) is 24.0 Å². The van der Waals surface area contributed by atoms with Crippen molar-refractivity contribution in [1.82, 2.24) is 20.4 Å². The molecule has 0 saturated heterocycles. The van der Waals surface area contributed by atoms with Crippen molar-refractivity contribution in [3.8, 4) is 11.3 Å². The molecule has 0 radical (unpaired) electrons. The quantitative estimate of drug-likeness (QED) is 0.858. The van der Waals surface area contributed by atoms with Crippen molar-refractivity contribution in [2.75, 3.05) is 20.1 Å². The first-order valence-corrected chi connectivity index (χ1v) is 7.43. The molecule has 1 aromatic heterocycles. The standard InChI is InChI=1S/C16H19FN4O/c1-21(13-6-7-13)9-8-18-16(22)15-10-14(19-20-15)11-2-4-12(17)5-3-11/h2-5,10,13H,6-9H2,1H3,(H,18,22)(H,19,20). The zero-order valence-electron chi connectivity index (χ0n) is 12.5. The highest BCUT2D eigenvalue weighted by Crippen LogP contribution is 2.24. The largest absolute Gasteiger partial charge is 0.349 e. The van der Waals surface area contributed by atoms with E-state index in [9.17, 15) is 9.18 Å². The lowest BCUT2D eigenvalue weighted by Gasteiger charge is -2.15. The molecule has 2 N–H and O–H groups in total. The van der Waals surface area contributed by atoms with Crippen molar-refractivity contribution in [1.29, 1.82) is 0 Å². The molecule has 1 aliphatic rings. The van der Waals surface area contributed by atoms with Crippen LogP contribution in [0.3, 0.4) is 0 Å². The zero-order valence-corrected chi connectivity index (χ0v) is 12.5. The topological polar surface area (TPSA) is 61.0 Å². The number of nitrogens with zero attached hydrogens (tertiary/aromatic N) is 2. The number of carbonyl (C=O) groups is 1. The smallest absolute Gasteiger partial charge is 0.269 e. The molecule has 1 heterocycles. The zero-order chi connectivity index (χ0) is 15.5. The van der Waals surface area contributed by atoms with Crippen molar-refractivity contribution in [2.45, 2.75) is 18.9 Å². The van der Waals surface area contributed by atoms with Crippen LogP contribution in [0.25, 0.3) is 11.3 Å². The number of amides is 1. The molecule has 0 aliphatic heterocycles. The Bertz CT molecular complexity index is 648. The van der Waals surface area contributed by atoms with E-state index in [2.05, 4.69) is 27.5 Å². The summed E-state index contributed by atoms with van der Waals surface area (Å²) in [5, 5.41) is 9.70. The highest BCUT2D eigenvalue weighted by Gasteiger charge is 2.25. The lowest BCUT2D eigenvalue weighted by atomic mass is 10.1. The lowest BCUT2D eigenvalue weighted by molar-refractivity contribution is 0.0944. The maximum atomic E-state index is 12.9. The molecule has 5 nitrogen and oxygen atoms in total. The molecular formula is C16H19FN4O. The van der Waals surface area contributed by atoms with Crippen molar-refractivity contribution < 1.29 is 9.18 Å². The number of hydrogen-bond acceptors (Lipinski definition) is 3. The number of hydrogen-bond donors (Lipinski definition) is 2. The molecule has 0 spiro atoms. The first kappa shape index (κ1) is 14.7. The van der Waals surface area contributed by atoms with Gasteiger partial charge in [-0.1, -0.05) is 0 Å². The van der Waals surface area contributed by atoms with Gasteiger partial charge in [0.1, 0.15) is 11.5 Å². The Hall–Kier alpha value is -2.21. The van der Waals surface area contributed by atoms with Gasteiger partial charge in [-0.05, 0) is 50.2 Å². The summed E-state index contributed by atoms with van der Waals surface area (Å²) in [6, 6.07) is 8.38. The van der Waals surface area contributed by atoms with E-state index in [0.717, 1.165) is 12.1 Å². The molecule has 116 valence electrons. The average molecular weight is 302 g/mol. The molecule has 2 aromatic rings. The molecule has 1 fully saturated rings. The van der Waals surface area contributed by atoms with Crippen LogP contribution >= 0.6 is 0 Å². The van der Waals surface area contributed by atoms with Crippen LogP contribution in [-0.2, 0) is 0 Å². The number of aromatic amines is 1. The van der Waals surface area contributed by atoms with Crippen LogP contribution < -0.4 is 5.32 Å². The van der Waals surface area contributed by atoms with E-state index in [4.69, 9.17) is 0 Å². The maximum Gasteiger partial charge on any atom is 0.269 e. The third-order valence-corrected chi connectivity index (χ3v) is 3.88. The van der Waals surface area contributed by atoms with Crippen LogP contribution in [0.2, 0.25) is 0 Å². The van der Waals surface area contributed by atoms with Gasteiger partial charge in [0.25, 0.3) is 5.91 Å². The fourth-order valence-electron chi connectivity index (χ4n) is 2.35. The van der Waals surface area contributed by atoms with E-state index in [1.807, 2.05) is 0 Å². The van der Waals surface area contributed by atoms with Gasteiger partial charge >= 0.3 is 0 Å². The first-order valence-electron chi connectivity index (χ1n) is 7.43. The second-order valence-electron chi connectivity index (χ2n) is 5.64.